The summed E-state index contributed by atoms with van der Waals surface area (Å²) >= 11 is 0. The zero-order valence-electron chi connectivity index (χ0n) is 18.2. The van der Waals surface area contributed by atoms with Gasteiger partial charge in [0.25, 0.3) is 0 Å². The van der Waals surface area contributed by atoms with Gasteiger partial charge in [0.15, 0.2) is 0 Å². The van der Waals surface area contributed by atoms with Crippen molar-refractivity contribution in [3.8, 4) is 11.5 Å². The van der Waals surface area contributed by atoms with Gasteiger partial charge >= 0.3 is 17.8 Å². The zero-order valence-corrected chi connectivity index (χ0v) is 18.2. The Morgan fingerprint density at radius 3 is 2.30 bits per heavy atom. The fraction of sp³-hybridized carbons (Fsp3) is 0.120. The first-order chi connectivity index (χ1) is 16.0. The highest BCUT2D eigenvalue weighted by atomic mass is 16.5. The molecule has 0 bridgehead atoms. The summed E-state index contributed by atoms with van der Waals surface area (Å²) in [5.41, 5.74) is 4.74. The van der Waals surface area contributed by atoms with E-state index < -0.39 is 17.8 Å². The van der Waals surface area contributed by atoms with E-state index in [1.807, 2.05) is 19.1 Å². The van der Waals surface area contributed by atoms with Gasteiger partial charge in [-0.05, 0) is 66.1 Å². The van der Waals surface area contributed by atoms with Crippen LogP contribution in [0, 0.1) is 0 Å². The van der Waals surface area contributed by atoms with Crippen LogP contribution in [0.4, 0.5) is 5.69 Å². The van der Waals surface area contributed by atoms with Crippen LogP contribution in [0.25, 0.3) is 0 Å². The first kappa shape index (κ1) is 23.2. The van der Waals surface area contributed by atoms with Crippen LogP contribution in [0.5, 0.6) is 11.5 Å². The standard InChI is InChI=1S/C25H23N3O5/c1-3-17-7-11-20(12-8-17)27-23(29)24(30)28-26-16-18-5-4-6-22(15-18)33-25(31)19-9-13-21(32-2)14-10-19/h4-16H,3H2,1-2H3,(H,27,29)(H,28,30)/b26-16-. The Kier molecular flexibility index (Phi) is 7.91. The van der Waals surface area contributed by atoms with Gasteiger partial charge in [0.1, 0.15) is 11.5 Å². The Bertz CT molecular complexity index is 1160. The zero-order chi connectivity index (χ0) is 23.6. The molecule has 0 aliphatic heterocycles. The predicted molar refractivity (Wildman–Crippen MR) is 125 cm³/mol. The average Bonchev–Trinajstić information content (AvgIpc) is 2.84. The van der Waals surface area contributed by atoms with Gasteiger partial charge in [0, 0.05) is 5.69 Å². The number of benzene rings is 3. The van der Waals surface area contributed by atoms with Crippen LogP contribution < -0.4 is 20.2 Å². The number of hydrogen-bond donors (Lipinski definition) is 2. The lowest BCUT2D eigenvalue weighted by molar-refractivity contribution is -0.136. The number of carbonyl (C=O) groups excluding carboxylic acids is 3. The fourth-order valence-corrected chi connectivity index (χ4v) is 2.78. The molecule has 0 atom stereocenters. The molecule has 3 rings (SSSR count). The molecule has 2 N–H and O–H groups in total. The Hall–Kier alpha value is -4.46. The van der Waals surface area contributed by atoms with E-state index in [1.165, 1.54) is 6.21 Å². The minimum atomic E-state index is -0.909. The third-order valence-electron chi connectivity index (χ3n) is 4.60. The monoisotopic (exact) mass is 445 g/mol. The summed E-state index contributed by atoms with van der Waals surface area (Å²) in [6, 6.07) is 20.3. The third kappa shape index (κ3) is 6.76. The number of amides is 2. The molecule has 0 aliphatic carbocycles. The second-order valence-electron chi connectivity index (χ2n) is 6.89. The van der Waals surface area contributed by atoms with Gasteiger partial charge in [-0.3, -0.25) is 9.59 Å². The van der Waals surface area contributed by atoms with E-state index in [1.54, 1.807) is 67.8 Å². The molecule has 0 heterocycles. The Morgan fingerprint density at radius 1 is 0.909 bits per heavy atom. The summed E-state index contributed by atoms with van der Waals surface area (Å²) in [6.07, 6.45) is 2.22. The Morgan fingerprint density at radius 2 is 1.64 bits per heavy atom. The number of nitrogens with one attached hydrogen (secondary N) is 2. The number of aryl methyl sites for hydroxylation is 1. The van der Waals surface area contributed by atoms with Crippen molar-refractivity contribution in [2.75, 3.05) is 12.4 Å². The van der Waals surface area contributed by atoms with Gasteiger partial charge in [-0.1, -0.05) is 31.2 Å². The van der Waals surface area contributed by atoms with Crippen LogP contribution in [0.15, 0.2) is 77.9 Å². The van der Waals surface area contributed by atoms with Crippen LogP contribution in [-0.2, 0) is 16.0 Å². The van der Waals surface area contributed by atoms with Crippen molar-refractivity contribution in [1.82, 2.24) is 5.43 Å². The fourth-order valence-electron chi connectivity index (χ4n) is 2.78. The molecule has 8 nitrogen and oxygen atoms in total. The van der Waals surface area contributed by atoms with E-state index in [0.717, 1.165) is 12.0 Å². The van der Waals surface area contributed by atoms with E-state index in [-0.39, 0.29) is 0 Å². The van der Waals surface area contributed by atoms with Gasteiger partial charge in [0.2, 0.25) is 0 Å². The molecular weight excluding hydrogens is 422 g/mol. The molecule has 2 amide bonds. The Labute approximate surface area is 191 Å². The average molecular weight is 445 g/mol. The van der Waals surface area contributed by atoms with Gasteiger partial charge in [-0.25, -0.2) is 10.2 Å². The largest absolute Gasteiger partial charge is 0.497 e. The van der Waals surface area contributed by atoms with Crippen LogP contribution in [0.2, 0.25) is 0 Å². The number of carbonyl (C=O) groups is 3. The molecular formula is C25H23N3O5. The molecule has 0 aliphatic rings. The van der Waals surface area contributed by atoms with Crippen molar-refractivity contribution in [3.63, 3.8) is 0 Å². The van der Waals surface area contributed by atoms with E-state index in [9.17, 15) is 14.4 Å². The molecule has 8 heteroatoms. The van der Waals surface area contributed by atoms with Gasteiger partial charge < -0.3 is 14.8 Å². The number of rotatable bonds is 7. The summed E-state index contributed by atoms with van der Waals surface area (Å²) < 4.78 is 10.4. The summed E-state index contributed by atoms with van der Waals surface area (Å²) in [6.45, 7) is 2.03. The first-order valence-corrected chi connectivity index (χ1v) is 10.2. The molecule has 168 valence electrons. The summed E-state index contributed by atoms with van der Waals surface area (Å²) in [4.78, 5) is 36.2. The number of anilines is 1. The van der Waals surface area contributed by atoms with Crippen LogP contribution in [0.3, 0.4) is 0 Å². The number of hydrazone groups is 1. The summed E-state index contributed by atoms with van der Waals surface area (Å²) in [5, 5.41) is 6.29. The highest BCUT2D eigenvalue weighted by Gasteiger charge is 2.13. The molecule has 0 radical (unpaired) electrons. The SMILES string of the molecule is CCc1ccc(NC(=O)C(=O)N/N=C\c2cccc(OC(=O)c3ccc(OC)cc3)c2)cc1. The third-order valence-corrected chi connectivity index (χ3v) is 4.60. The molecule has 0 saturated carbocycles. The second kappa shape index (κ2) is 11.2. The smallest absolute Gasteiger partial charge is 0.343 e. The molecule has 0 saturated heterocycles. The van der Waals surface area contributed by atoms with E-state index in [4.69, 9.17) is 9.47 Å². The number of ether oxygens (including phenoxy) is 2. The number of hydrogen-bond acceptors (Lipinski definition) is 6. The maximum Gasteiger partial charge on any atom is 0.343 e. The maximum atomic E-state index is 12.3. The molecule has 33 heavy (non-hydrogen) atoms. The Balaban J connectivity index is 1.54. The first-order valence-electron chi connectivity index (χ1n) is 10.2. The van der Waals surface area contributed by atoms with Crippen LogP contribution >= 0.6 is 0 Å². The van der Waals surface area contributed by atoms with Crippen molar-refractivity contribution >= 4 is 29.7 Å². The van der Waals surface area contributed by atoms with Crippen LogP contribution in [0.1, 0.15) is 28.4 Å². The minimum absolute atomic E-state index is 0.305. The molecule has 3 aromatic carbocycles. The van der Waals surface area contributed by atoms with E-state index in [2.05, 4.69) is 15.8 Å². The molecule has 3 aromatic rings. The molecule has 0 aromatic heterocycles. The molecule has 0 spiro atoms. The lowest BCUT2D eigenvalue weighted by Crippen LogP contribution is -2.32. The minimum Gasteiger partial charge on any atom is -0.497 e. The van der Waals surface area contributed by atoms with Crippen molar-refractivity contribution < 1.29 is 23.9 Å². The highest BCUT2D eigenvalue weighted by Crippen LogP contribution is 2.16. The lowest BCUT2D eigenvalue weighted by atomic mass is 10.1. The van der Waals surface area contributed by atoms with E-state index >= 15 is 0 Å². The van der Waals surface area contributed by atoms with Crippen molar-refractivity contribution in [1.29, 1.82) is 0 Å². The topological polar surface area (TPSA) is 106 Å². The summed E-state index contributed by atoms with van der Waals surface area (Å²) in [7, 11) is 1.54. The normalized spacial score (nSPS) is 10.5. The van der Waals surface area contributed by atoms with Gasteiger partial charge in [-0.15, -0.1) is 0 Å². The quantitative estimate of drug-likeness (QED) is 0.190. The second-order valence-corrected chi connectivity index (χ2v) is 6.89. The maximum absolute atomic E-state index is 12.3. The van der Waals surface area contributed by atoms with Crippen molar-refractivity contribution in [3.05, 3.63) is 89.5 Å². The molecule has 0 fully saturated rings. The van der Waals surface area contributed by atoms with Gasteiger partial charge in [0.05, 0.1) is 18.9 Å². The van der Waals surface area contributed by atoms with E-state index in [0.29, 0.717) is 28.3 Å². The number of nitrogens with zero attached hydrogens (tertiary/aromatic N) is 1. The van der Waals surface area contributed by atoms with Crippen molar-refractivity contribution in [2.24, 2.45) is 5.10 Å². The lowest BCUT2D eigenvalue weighted by Gasteiger charge is -2.06. The highest BCUT2D eigenvalue weighted by molar-refractivity contribution is 6.39. The summed E-state index contributed by atoms with van der Waals surface area (Å²) in [5.74, 6) is -1.33. The predicted octanol–water partition coefficient (Wildman–Crippen LogP) is 3.57. The van der Waals surface area contributed by atoms with Gasteiger partial charge in [-0.2, -0.15) is 5.10 Å². The van der Waals surface area contributed by atoms with Crippen LogP contribution in [-0.4, -0.2) is 31.1 Å². The van der Waals surface area contributed by atoms with Crippen molar-refractivity contribution in [2.45, 2.75) is 13.3 Å². The number of esters is 1. The molecule has 0 unspecified atom stereocenters. The number of methoxy groups -OCH3 is 1.